The Morgan fingerprint density at radius 1 is 1.25 bits per heavy atom. The van der Waals surface area contributed by atoms with Crippen molar-refractivity contribution in [1.29, 1.82) is 5.26 Å². The number of benzene rings is 1. The Kier molecular flexibility index (Phi) is 3.33. The Bertz CT molecular complexity index is 507. The van der Waals surface area contributed by atoms with Gasteiger partial charge in [-0.15, -0.1) is 11.8 Å². The Labute approximate surface area is 98.9 Å². The van der Waals surface area contributed by atoms with Crippen LogP contribution < -0.4 is 0 Å². The number of thioether (sulfide) groups is 1. The Hall–Kier alpha value is -1.66. The first-order valence-electron chi connectivity index (χ1n) is 4.95. The molecule has 0 bridgehead atoms. The minimum Gasteiger partial charge on any atom is -0.468 e. The van der Waals surface area contributed by atoms with Gasteiger partial charge in [0.2, 0.25) is 0 Å². The molecule has 0 saturated heterocycles. The fourth-order valence-electron chi connectivity index (χ4n) is 1.36. The van der Waals surface area contributed by atoms with Gasteiger partial charge in [-0.1, -0.05) is 12.1 Å². The average molecular weight is 229 g/mol. The van der Waals surface area contributed by atoms with E-state index in [0.29, 0.717) is 5.56 Å². The first-order valence-corrected chi connectivity index (χ1v) is 5.94. The molecule has 1 aromatic carbocycles. The van der Waals surface area contributed by atoms with E-state index in [1.54, 1.807) is 18.0 Å². The molecule has 0 N–H and O–H groups in total. The zero-order valence-corrected chi connectivity index (χ0v) is 9.75. The van der Waals surface area contributed by atoms with Gasteiger partial charge in [-0.2, -0.15) is 5.26 Å². The maximum Gasteiger partial charge on any atom is 0.114 e. The third-order valence-electron chi connectivity index (χ3n) is 2.29. The first kappa shape index (κ1) is 10.8. The molecule has 0 aliphatic heterocycles. The van der Waals surface area contributed by atoms with Crippen LogP contribution in [0.4, 0.5) is 0 Å². The zero-order chi connectivity index (χ0) is 11.4. The zero-order valence-electron chi connectivity index (χ0n) is 8.93. The normalized spacial score (nSPS) is 10.0. The number of nitriles is 1. The van der Waals surface area contributed by atoms with Crippen molar-refractivity contribution < 1.29 is 4.42 Å². The lowest BCUT2D eigenvalue weighted by atomic mass is 10.2. The van der Waals surface area contributed by atoms with Gasteiger partial charge in [-0.25, -0.2) is 0 Å². The third kappa shape index (κ3) is 2.47. The molecule has 1 heterocycles. The fourth-order valence-corrected chi connectivity index (χ4v) is 2.28. The minimum absolute atomic E-state index is 0.702. The average Bonchev–Trinajstić information content (AvgIpc) is 2.73. The number of aryl methyl sites for hydroxylation is 1. The van der Waals surface area contributed by atoms with E-state index in [4.69, 9.17) is 9.68 Å². The quantitative estimate of drug-likeness (QED) is 0.752. The van der Waals surface area contributed by atoms with Crippen LogP contribution in [0.15, 0.2) is 45.9 Å². The smallest absolute Gasteiger partial charge is 0.114 e. The summed E-state index contributed by atoms with van der Waals surface area (Å²) < 4.78 is 5.23. The van der Waals surface area contributed by atoms with Crippen molar-refractivity contribution in [3.05, 3.63) is 53.5 Å². The number of hydrogen-bond acceptors (Lipinski definition) is 3. The summed E-state index contributed by atoms with van der Waals surface area (Å²) in [5.74, 6) is 1.85. The molecular weight excluding hydrogens is 218 g/mol. The maximum absolute atomic E-state index is 8.68. The van der Waals surface area contributed by atoms with Gasteiger partial charge < -0.3 is 4.42 Å². The molecule has 0 aliphatic carbocycles. The van der Waals surface area contributed by atoms with Crippen LogP contribution in [-0.2, 0) is 5.75 Å². The van der Waals surface area contributed by atoms with Crippen LogP contribution in [0, 0.1) is 18.3 Å². The molecule has 3 heteroatoms. The summed E-state index contributed by atoms with van der Waals surface area (Å²) in [5.41, 5.74) is 1.91. The van der Waals surface area contributed by atoms with E-state index in [1.807, 2.05) is 37.3 Å². The van der Waals surface area contributed by atoms with Crippen molar-refractivity contribution in [2.75, 3.05) is 0 Å². The van der Waals surface area contributed by atoms with Crippen molar-refractivity contribution in [1.82, 2.24) is 0 Å². The molecule has 0 amide bonds. The molecule has 0 atom stereocenters. The van der Waals surface area contributed by atoms with Gasteiger partial charge in [-0.05, 0) is 30.7 Å². The van der Waals surface area contributed by atoms with Crippen LogP contribution in [0.25, 0.3) is 0 Å². The highest BCUT2D eigenvalue weighted by atomic mass is 32.2. The van der Waals surface area contributed by atoms with Crippen LogP contribution in [0.5, 0.6) is 0 Å². The van der Waals surface area contributed by atoms with E-state index in [9.17, 15) is 0 Å². The van der Waals surface area contributed by atoms with E-state index < -0.39 is 0 Å². The minimum atomic E-state index is 0.702. The summed E-state index contributed by atoms with van der Waals surface area (Å²) in [6, 6.07) is 11.8. The molecule has 0 unspecified atom stereocenters. The second-order valence-electron chi connectivity index (χ2n) is 3.44. The molecule has 16 heavy (non-hydrogen) atoms. The summed E-state index contributed by atoms with van der Waals surface area (Å²) >= 11 is 1.74. The van der Waals surface area contributed by atoms with Gasteiger partial charge in [-0.3, -0.25) is 0 Å². The largest absolute Gasteiger partial charge is 0.468 e. The third-order valence-corrected chi connectivity index (χ3v) is 3.50. The Morgan fingerprint density at radius 3 is 2.56 bits per heavy atom. The van der Waals surface area contributed by atoms with Crippen LogP contribution in [0.1, 0.15) is 16.9 Å². The number of furan rings is 1. The van der Waals surface area contributed by atoms with E-state index in [2.05, 4.69) is 6.07 Å². The molecule has 0 fully saturated rings. The summed E-state index contributed by atoms with van der Waals surface area (Å²) in [5, 5.41) is 8.68. The molecule has 0 saturated carbocycles. The van der Waals surface area contributed by atoms with Crippen molar-refractivity contribution >= 4 is 11.8 Å². The topological polar surface area (TPSA) is 36.9 Å². The predicted molar refractivity (Wildman–Crippen MR) is 64.2 cm³/mol. The molecule has 2 aromatic rings. The fraction of sp³-hybridized carbons (Fsp3) is 0.154. The second kappa shape index (κ2) is 4.91. The van der Waals surface area contributed by atoms with E-state index >= 15 is 0 Å². The predicted octanol–water partition coefficient (Wildman–Crippen LogP) is 3.75. The lowest BCUT2D eigenvalue weighted by Gasteiger charge is -2.00. The molecule has 0 radical (unpaired) electrons. The summed E-state index contributed by atoms with van der Waals surface area (Å²) in [6.07, 6.45) is 1.70. The second-order valence-corrected chi connectivity index (χ2v) is 4.46. The van der Waals surface area contributed by atoms with Gasteiger partial charge in [0.25, 0.3) is 0 Å². The summed E-state index contributed by atoms with van der Waals surface area (Å²) in [4.78, 5) is 1.17. The Balaban J connectivity index is 2.00. The molecule has 2 rings (SSSR count). The molecular formula is C13H11NOS. The van der Waals surface area contributed by atoms with Crippen molar-refractivity contribution in [3.8, 4) is 6.07 Å². The lowest BCUT2D eigenvalue weighted by Crippen LogP contribution is -1.81. The number of rotatable bonds is 3. The highest BCUT2D eigenvalue weighted by Crippen LogP contribution is 2.26. The standard InChI is InChI=1S/C13H11NOS/c1-10-13(6-7-15-10)16-9-12-4-2-11(8-14)3-5-12/h2-7H,9H2,1H3. The van der Waals surface area contributed by atoms with Crippen molar-refractivity contribution in [2.24, 2.45) is 0 Å². The van der Waals surface area contributed by atoms with Crippen molar-refractivity contribution in [3.63, 3.8) is 0 Å². The SMILES string of the molecule is Cc1occc1SCc1ccc(C#N)cc1. The van der Waals surface area contributed by atoms with Gasteiger partial charge in [0.15, 0.2) is 0 Å². The van der Waals surface area contributed by atoms with Crippen LogP contribution >= 0.6 is 11.8 Å². The molecule has 80 valence electrons. The van der Waals surface area contributed by atoms with Gasteiger partial charge >= 0.3 is 0 Å². The molecule has 1 aromatic heterocycles. The lowest BCUT2D eigenvalue weighted by molar-refractivity contribution is 0.527. The molecule has 0 spiro atoms. The van der Waals surface area contributed by atoms with Gasteiger partial charge in [0.1, 0.15) is 5.76 Å². The highest BCUT2D eigenvalue weighted by molar-refractivity contribution is 7.98. The number of nitrogens with zero attached hydrogens (tertiary/aromatic N) is 1. The number of hydrogen-bond donors (Lipinski definition) is 0. The summed E-state index contributed by atoms with van der Waals surface area (Å²) in [7, 11) is 0. The van der Waals surface area contributed by atoms with Crippen LogP contribution in [-0.4, -0.2) is 0 Å². The summed E-state index contributed by atoms with van der Waals surface area (Å²) in [6.45, 7) is 1.96. The van der Waals surface area contributed by atoms with Gasteiger partial charge in [0.05, 0.1) is 17.9 Å². The van der Waals surface area contributed by atoms with E-state index in [-0.39, 0.29) is 0 Å². The van der Waals surface area contributed by atoms with E-state index in [1.165, 1.54) is 10.5 Å². The molecule has 2 nitrogen and oxygen atoms in total. The molecule has 0 aliphatic rings. The Morgan fingerprint density at radius 2 is 2.00 bits per heavy atom. The van der Waals surface area contributed by atoms with Crippen LogP contribution in [0.2, 0.25) is 0 Å². The van der Waals surface area contributed by atoms with E-state index in [0.717, 1.165) is 11.5 Å². The van der Waals surface area contributed by atoms with Crippen LogP contribution in [0.3, 0.4) is 0 Å². The van der Waals surface area contributed by atoms with Crippen molar-refractivity contribution in [2.45, 2.75) is 17.6 Å². The maximum atomic E-state index is 8.68. The monoisotopic (exact) mass is 229 g/mol. The first-order chi connectivity index (χ1) is 7.79. The van der Waals surface area contributed by atoms with Gasteiger partial charge in [0, 0.05) is 10.6 Å². The highest BCUT2D eigenvalue weighted by Gasteiger charge is 2.02.